The molecular formula is C15H17ClFN3O. The van der Waals surface area contributed by atoms with Gasteiger partial charge in [0.1, 0.15) is 5.82 Å². The second-order valence-electron chi connectivity index (χ2n) is 5.36. The zero-order valence-electron chi connectivity index (χ0n) is 11.5. The molecular weight excluding hydrogens is 293 g/mol. The highest BCUT2D eigenvalue weighted by molar-refractivity contribution is 6.30. The number of hydrogen-bond donors (Lipinski definition) is 1. The zero-order chi connectivity index (χ0) is 14.8. The van der Waals surface area contributed by atoms with Gasteiger partial charge in [-0.1, -0.05) is 17.7 Å². The van der Waals surface area contributed by atoms with Crippen molar-refractivity contribution in [1.82, 2.24) is 14.5 Å². The summed E-state index contributed by atoms with van der Waals surface area (Å²) < 4.78 is 15.7. The maximum atomic E-state index is 13.6. The molecule has 0 radical (unpaired) electrons. The van der Waals surface area contributed by atoms with E-state index < -0.39 is 5.82 Å². The van der Waals surface area contributed by atoms with Crippen LogP contribution in [0.1, 0.15) is 17.7 Å². The lowest BCUT2D eigenvalue weighted by molar-refractivity contribution is 0.107. The average molecular weight is 310 g/mol. The molecule has 112 valence electrons. The monoisotopic (exact) mass is 309 g/mol. The van der Waals surface area contributed by atoms with Crippen LogP contribution in [0.2, 0.25) is 5.02 Å². The number of hydrogen-bond acceptors (Lipinski definition) is 3. The van der Waals surface area contributed by atoms with Crippen LogP contribution >= 0.6 is 11.6 Å². The molecule has 0 saturated carbocycles. The Labute approximate surface area is 127 Å². The van der Waals surface area contributed by atoms with Crippen LogP contribution in [0, 0.1) is 5.82 Å². The van der Waals surface area contributed by atoms with Gasteiger partial charge in [-0.2, -0.15) is 0 Å². The van der Waals surface area contributed by atoms with Gasteiger partial charge in [0, 0.05) is 31.9 Å². The molecule has 1 aliphatic rings. The molecule has 1 atom stereocenters. The van der Waals surface area contributed by atoms with Crippen molar-refractivity contribution >= 4 is 11.6 Å². The van der Waals surface area contributed by atoms with Crippen molar-refractivity contribution in [3.05, 3.63) is 52.8 Å². The van der Waals surface area contributed by atoms with Gasteiger partial charge < -0.3 is 9.67 Å². The molecule has 0 saturated heterocycles. The molecule has 1 aliphatic heterocycles. The lowest BCUT2D eigenvalue weighted by Gasteiger charge is -2.28. The summed E-state index contributed by atoms with van der Waals surface area (Å²) in [5.74, 6) is -0.408. The molecule has 1 aromatic heterocycles. The Kier molecular flexibility index (Phi) is 4.24. The second kappa shape index (κ2) is 6.13. The topological polar surface area (TPSA) is 41.3 Å². The van der Waals surface area contributed by atoms with E-state index in [0.717, 1.165) is 24.2 Å². The molecule has 0 bridgehead atoms. The molecule has 2 heterocycles. The van der Waals surface area contributed by atoms with Crippen molar-refractivity contribution in [3.63, 3.8) is 0 Å². The number of fused-ring (bicyclic) bond motifs is 1. The third-order valence-corrected chi connectivity index (χ3v) is 4.27. The molecule has 1 N–H and O–H groups in total. The minimum Gasteiger partial charge on any atom is -0.395 e. The number of halogens is 2. The van der Waals surface area contributed by atoms with E-state index in [0.29, 0.717) is 13.1 Å². The number of rotatable bonds is 3. The zero-order valence-corrected chi connectivity index (χ0v) is 12.3. The molecule has 1 aromatic carbocycles. The van der Waals surface area contributed by atoms with E-state index in [2.05, 4.69) is 14.5 Å². The van der Waals surface area contributed by atoms with E-state index in [-0.39, 0.29) is 17.7 Å². The van der Waals surface area contributed by atoms with Gasteiger partial charge in [-0.05, 0) is 24.1 Å². The standard InChI is InChI=1S/C15H17ClFN3O/c16-14-2-1-11(5-15(14)17)7-20-8-13-6-18-10-19(13)4-3-12(20)9-21/h1-2,5-6,10,12,21H,3-4,7-9H2/t12-/m1/s1. The molecule has 21 heavy (non-hydrogen) atoms. The van der Waals surface area contributed by atoms with Gasteiger partial charge in [0.05, 0.1) is 23.7 Å². The van der Waals surface area contributed by atoms with E-state index in [1.54, 1.807) is 6.07 Å². The number of nitrogens with zero attached hydrogens (tertiary/aromatic N) is 3. The SMILES string of the molecule is OC[C@H]1CCn2cncc2CN1Cc1ccc(Cl)c(F)c1. The molecule has 6 heteroatoms. The first kappa shape index (κ1) is 14.5. The number of aryl methyl sites for hydroxylation is 1. The number of aliphatic hydroxyl groups is 1. The van der Waals surface area contributed by atoms with Crippen LogP contribution in [0.4, 0.5) is 4.39 Å². The summed E-state index contributed by atoms with van der Waals surface area (Å²) in [4.78, 5) is 6.32. The normalized spacial score (nSPS) is 19.3. The first-order valence-corrected chi connectivity index (χ1v) is 7.33. The van der Waals surface area contributed by atoms with Crippen LogP contribution in [-0.4, -0.2) is 32.2 Å². The van der Waals surface area contributed by atoms with Gasteiger partial charge in [0.25, 0.3) is 0 Å². The van der Waals surface area contributed by atoms with E-state index in [1.807, 2.05) is 18.6 Å². The van der Waals surface area contributed by atoms with Crippen molar-refractivity contribution in [3.8, 4) is 0 Å². The molecule has 0 amide bonds. The van der Waals surface area contributed by atoms with Crippen LogP contribution in [0.5, 0.6) is 0 Å². The lowest BCUT2D eigenvalue weighted by Crippen LogP contribution is -2.36. The van der Waals surface area contributed by atoms with Crippen molar-refractivity contribution in [1.29, 1.82) is 0 Å². The number of aromatic nitrogens is 2. The fourth-order valence-corrected chi connectivity index (χ4v) is 2.87. The molecule has 4 nitrogen and oxygen atoms in total. The minimum absolute atomic E-state index is 0.0589. The van der Waals surface area contributed by atoms with Crippen molar-refractivity contribution < 1.29 is 9.50 Å². The molecule has 0 fully saturated rings. The Morgan fingerprint density at radius 2 is 2.29 bits per heavy atom. The predicted octanol–water partition coefficient (Wildman–Crippen LogP) is 2.44. The van der Waals surface area contributed by atoms with Crippen LogP contribution in [-0.2, 0) is 19.6 Å². The largest absolute Gasteiger partial charge is 0.395 e. The summed E-state index contributed by atoms with van der Waals surface area (Å²) in [6.45, 7) is 2.19. The van der Waals surface area contributed by atoms with Gasteiger partial charge in [-0.3, -0.25) is 4.90 Å². The van der Waals surface area contributed by atoms with E-state index >= 15 is 0 Å². The van der Waals surface area contributed by atoms with Gasteiger partial charge in [-0.15, -0.1) is 0 Å². The Hall–Kier alpha value is -1.43. The van der Waals surface area contributed by atoms with Crippen LogP contribution in [0.3, 0.4) is 0 Å². The maximum Gasteiger partial charge on any atom is 0.142 e. The summed E-state index contributed by atoms with van der Waals surface area (Å²) in [7, 11) is 0. The third-order valence-electron chi connectivity index (χ3n) is 3.96. The summed E-state index contributed by atoms with van der Waals surface area (Å²) in [6, 6.07) is 4.91. The highest BCUT2D eigenvalue weighted by atomic mass is 35.5. The van der Waals surface area contributed by atoms with E-state index in [1.165, 1.54) is 6.07 Å². The number of aliphatic hydroxyl groups excluding tert-OH is 1. The summed E-state index contributed by atoms with van der Waals surface area (Å²) >= 11 is 5.72. The van der Waals surface area contributed by atoms with Crippen LogP contribution in [0.15, 0.2) is 30.7 Å². The number of imidazole rings is 1. The van der Waals surface area contributed by atoms with Gasteiger partial charge in [0.2, 0.25) is 0 Å². The number of benzene rings is 1. The smallest absolute Gasteiger partial charge is 0.142 e. The molecule has 0 aliphatic carbocycles. The first-order valence-electron chi connectivity index (χ1n) is 6.95. The van der Waals surface area contributed by atoms with Crippen molar-refractivity contribution in [2.45, 2.75) is 32.1 Å². The second-order valence-corrected chi connectivity index (χ2v) is 5.76. The summed E-state index contributed by atoms with van der Waals surface area (Å²) in [5, 5.41) is 9.75. The first-order chi connectivity index (χ1) is 10.2. The Morgan fingerprint density at radius 1 is 1.43 bits per heavy atom. The van der Waals surface area contributed by atoms with Gasteiger partial charge in [-0.25, -0.2) is 9.37 Å². The maximum absolute atomic E-state index is 13.6. The van der Waals surface area contributed by atoms with E-state index in [9.17, 15) is 9.50 Å². The summed E-state index contributed by atoms with van der Waals surface area (Å²) in [5.41, 5.74) is 1.96. The highest BCUT2D eigenvalue weighted by Crippen LogP contribution is 2.22. The lowest BCUT2D eigenvalue weighted by atomic mass is 10.1. The average Bonchev–Trinajstić information content (AvgIpc) is 2.84. The van der Waals surface area contributed by atoms with Crippen LogP contribution in [0.25, 0.3) is 0 Å². The van der Waals surface area contributed by atoms with Gasteiger partial charge in [0.15, 0.2) is 0 Å². The summed E-state index contributed by atoms with van der Waals surface area (Å²) in [6.07, 6.45) is 4.50. The fourth-order valence-electron chi connectivity index (χ4n) is 2.75. The highest BCUT2D eigenvalue weighted by Gasteiger charge is 2.23. The Bertz CT molecular complexity index is 631. The third kappa shape index (κ3) is 3.10. The quantitative estimate of drug-likeness (QED) is 0.947. The predicted molar refractivity (Wildman–Crippen MR) is 78.4 cm³/mol. The Balaban J connectivity index is 1.82. The Morgan fingerprint density at radius 3 is 3.05 bits per heavy atom. The van der Waals surface area contributed by atoms with Gasteiger partial charge >= 0.3 is 0 Å². The van der Waals surface area contributed by atoms with Crippen molar-refractivity contribution in [2.75, 3.05) is 6.61 Å². The minimum atomic E-state index is -0.408. The molecule has 0 unspecified atom stereocenters. The molecule has 0 spiro atoms. The molecule has 3 rings (SSSR count). The van der Waals surface area contributed by atoms with Crippen molar-refractivity contribution in [2.24, 2.45) is 0 Å². The van der Waals surface area contributed by atoms with E-state index in [4.69, 9.17) is 11.6 Å². The molecule has 2 aromatic rings. The fraction of sp³-hybridized carbons (Fsp3) is 0.400. The van der Waals surface area contributed by atoms with Crippen LogP contribution < -0.4 is 0 Å².